The summed E-state index contributed by atoms with van der Waals surface area (Å²) >= 11 is 5.72. The highest BCUT2D eigenvalue weighted by Gasteiger charge is 2.19. The number of rotatable bonds is 6. The fourth-order valence-electron chi connectivity index (χ4n) is 1.52. The maximum absolute atomic E-state index is 11.9. The Balaban J connectivity index is 2.41. The van der Waals surface area contributed by atoms with E-state index in [9.17, 15) is 19.2 Å². The van der Waals surface area contributed by atoms with Gasteiger partial charge in [-0.25, -0.2) is 9.59 Å². The molecule has 130 valence electrons. The first-order chi connectivity index (χ1) is 11.3. The normalized spacial score (nSPS) is 11.1. The topological polar surface area (TPSA) is 111 Å². The molecule has 0 saturated heterocycles. The van der Waals surface area contributed by atoms with E-state index >= 15 is 0 Å². The van der Waals surface area contributed by atoms with E-state index in [1.165, 1.54) is 19.1 Å². The molecule has 2 N–H and O–H groups in total. The maximum atomic E-state index is 11.9. The molecular weight excluding hydrogens is 340 g/mol. The summed E-state index contributed by atoms with van der Waals surface area (Å²) in [4.78, 5) is 46.0. The summed E-state index contributed by atoms with van der Waals surface area (Å²) < 4.78 is 9.20. The van der Waals surface area contributed by atoms with Crippen LogP contribution in [0.2, 0.25) is 5.02 Å². The molecule has 0 fully saturated rings. The van der Waals surface area contributed by atoms with Gasteiger partial charge in [-0.3, -0.25) is 14.9 Å². The molecule has 9 heteroatoms. The van der Waals surface area contributed by atoms with Crippen LogP contribution >= 0.6 is 11.6 Å². The Labute approximate surface area is 143 Å². The van der Waals surface area contributed by atoms with Gasteiger partial charge < -0.3 is 14.8 Å². The van der Waals surface area contributed by atoms with Crippen LogP contribution in [0.4, 0.5) is 4.79 Å². The van der Waals surface area contributed by atoms with Gasteiger partial charge in [-0.05, 0) is 38.1 Å². The highest BCUT2D eigenvalue weighted by molar-refractivity contribution is 6.30. The smallest absolute Gasteiger partial charge is 0.413 e. The number of nitrogens with one attached hydrogen (secondary N) is 2. The predicted octanol–water partition coefficient (Wildman–Crippen LogP) is 1.27. The molecule has 3 amide bonds. The first-order valence-electron chi connectivity index (χ1n) is 7.03. The van der Waals surface area contributed by atoms with Crippen molar-refractivity contribution < 1.29 is 28.7 Å². The first-order valence-corrected chi connectivity index (χ1v) is 7.41. The SMILES string of the molecule is CCOC(=O)NC(=O)COC(=O)[C@H](C)NC(=O)c1ccc(Cl)cc1. The van der Waals surface area contributed by atoms with E-state index in [4.69, 9.17) is 16.3 Å². The summed E-state index contributed by atoms with van der Waals surface area (Å²) in [7, 11) is 0. The number of esters is 1. The van der Waals surface area contributed by atoms with E-state index in [1.807, 2.05) is 5.32 Å². The maximum Gasteiger partial charge on any atom is 0.413 e. The lowest BCUT2D eigenvalue weighted by Gasteiger charge is -2.13. The second-order valence-corrected chi connectivity index (χ2v) is 5.01. The lowest BCUT2D eigenvalue weighted by molar-refractivity contribution is -0.149. The molecule has 0 heterocycles. The number of amides is 3. The van der Waals surface area contributed by atoms with Crippen LogP contribution in [-0.2, 0) is 19.1 Å². The Morgan fingerprint density at radius 3 is 2.33 bits per heavy atom. The third-order valence-electron chi connectivity index (χ3n) is 2.67. The first kappa shape index (κ1) is 19.4. The summed E-state index contributed by atoms with van der Waals surface area (Å²) in [6.45, 7) is 2.42. The molecule has 1 atom stereocenters. The van der Waals surface area contributed by atoms with Gasteiger partial charge in [0.1, 0.15) is 6.04 Å². The van der Waals surface area contributed by atoms with Crippen molar-refractivity contribution in [1.29, 1.82) is 0 Å². The lowest BCUT2D eigenvalue weighted by Crippen LogP contribution is -2.41. The number of hydrogen-bond acceptors (Lipinski definition) is 6. The molecule has 0 aliphatic carbocycles. The van der Waals surface area contributed by atoms with Gasteiger partial charge in [0.05, 0.1) is 6.61 Å². The van der Waals surface area contributed by atoms with Crippen LogP contribution in [0.15, 0.2) is 24.3 Å². The molecular formula is C15H17ClN2O6. The molecule has 0 aliphatic heterocycles. The van der Waals surface area contributed by atoms with Gasteiger partial charge >= 0.3 is 12.1 Å². The molecule has 0 unspecified atom stereocenters. The second kappa shape index (κ2) is 9.51. The average molecular weight is 357 g/mol. The largest absolute Gasteiger partial charge is 0.454 e. The molecule has 1 rings (SSSR count). The molecule has 1 aromatic rings. The minimum Gasteiger partial charge on any atom is -0.454 e. The minimum atomic E-state index is -0.983. The van der Waals surface area contributed by atoms with E-state index in [-0.39, 0.29) is 6.61 Å². The Kier molecular flexibility index (Phi) is 7.70. The van der Waals surface area contributed by atoms with Gasteiger partial charge in [-0.15, -0.1) is 0 Å². The summed E-state index contributed by atoms with van der Waals surface area (Å²) in [5, 5.41) is 4.77. The lowest BCUT2D eigenvalue weighted by atomic mass is 10.2. The third-order valence-corrected chi connectivity index (χ3v) is 2.92. The summed E-state index contributed by atoms with van der Waals surface area (Å²) in [5.41, 5.74) is 0.319. The molecule has 0 saturated carbocycles. The zero-order valence-electron chi connectivity index (χ0n) is 13.1. The number of alkyl carbamates (subject to hydrolysis) is 1. The van der Waals surface area contributed by atoms with Crippen LogP contribution in [-0.4, -0.2) is 43.1 Å². The summed E-state index contributed by atoms with van der Waals surface area (Å²) in [6.07, 6.45) is -0.928. The van der Waals surface area contributed by atoms with Gasteiger partial charge in [-0.2, -0.15) is 0 Å². The van der Waals surface area contributed by atoms with E-state index in [0.717, 1.165) is 0 Å². The van der Waals surface area contributed by atoms with Crippen molar-refractivity contribution >= 4 is 35.5 Å². The number of halogens is 1. The predicted molar refractivity (Wildman–Crippen MR) is 84.5 cm³/mol. The standard InChI is InChI=1S/C15H17ClN2O6/c1-3-23-15(22)18-12(19)8-24-14(21)9(2)17-13(20)10-4-6-11(16)7-5-10/h4-7,9H,3,8H2,1-2H3,(H,17,20)(H,18,19,22)/t9-/m0/s1. The highest BCUT2D eigenvalue weighted by Crippen LogP contribution is 2.09. The van der Waals surface area contributed by atoms with Crippen molar-refractivity contribution in [3.8, 4) is 0 Å². The average Bonchev–Trinajstić information content (AvgIpc) is 2.53. The van der Waals surface area contributed by atoms with Crippen LogP contribution in [0.3, 0.4) is 0 Å². The fraction of sp³-hybridized carbons (Fsp3) is 0.333. The van der Waals surface area contributed by atoms with Crippen LogP contribution in [0.5, 0.6) is 0 Å². The van der Waals surface area contributed by atoms with E-state index in [0.29, 0.717) is 10.6 Å². The van der Waals surface area contributed by atoms with E-state index in [2.05, 4.69) is 10.1 Å². The van der Waals surface area contributed by atoms with Crippen molar-refractivity contribution in [3.63, 3.8) is 0 Å². The van der Waals surface area contributed by atoms with Crippen molar-refractivity contribution in [2.75, 3.05) is 13.2 Å². The third kappa shape index (κ3) is 6.66. The van der Waals surface area contributed by atoms with Crippen molar-refractivity contribution in [2.24, 2.45) is 0 Å². The van der Waals surface area contributed by atoms with E-state index in [1.54, 1.807) is 19.1 Å². The molecule has 1 aromatic carbocycles. The van der Waals surface area contributed by atoms with Crippen LogP contribution in [0, 0.1) is 0 Å². The van der Waals surface area contributed by atoms with Crippen LogP contribution in [0.25, 0.3) is 0 Å². The number of ether oxygens (including phenoxy) is 2. The van der Waals surface area contributed by atoms with Crippen molar-refractivity contribution in [3.05, 3.63) is 34.9 Å². The molecule has 0 spiro atoms. The summed E-state index contributed by atoms with van der Waals surface area (Å²) in [6, 6.07) is 5.10. The Hall–Kier alpha value is -2.61. The highest BCUT2D eigenvalue weighted by atomic mass is 35.5. The molecule has 0 aliphatic rings. The number of imide groups is 1. The van der Waals surface area contributed by atoms with Crippen LogP contribution < -0.4 is 10.6 Å². The van der Waals surface area contributed by atoms with Gasteiger partial charge in [0.15, 0.2) is 6.61 Å². The summed E-state index contributed by atoms with van der Waals surface area (Å²) in [5.74, 6) is -2.15. The van der Waals surface area contributed by atoms with E-state index < -0.39 is 36.5 Å². The second-order valence-electron chi connectivity index (χ2n) is 4.58. The number of benzene rings is 1. The van der Waals surface area contributed by atoms with Crippen molar-refractivity contribution in [2.45, 2.75) is 19.9 Å². The quantitative estimate of drug-likeness (QED) is 0.743. The minimum absolute atomic E-state index is 0.104. The molecule has 0 bridgehead atoms. The molecule has 0 aromatic heterocycles. The van der Waals surface area contributed by atoms with Gasteiger partial charge in [-0.1, -0.05) is 11.6 Å². The Morgan fingerprint density at radius 1 is 1.12 bits per heavy atom. The van der Waals surface area contributed by atoms with Gasteiger partial charge in [0.2, 0.25) is 0 Å². The van der Waals surface area contributed by atoms with Crippen molar-refractivity contribution in [1.82, 2.24) is 10.6 Å². The molecule has 0 radical (unpaired) electrons. The van der Waals surface area contributed by atoms with Gasteiger partial charge in [0.25, 0.3) is 11.8 Å². The zero-order chi connectivity index (χ0) is 18.1. The zero-order valence-corrected chi connectivity index (χ0v) is 13.9. The molecule has 8 nitrogen and oxygen atoms in total. The number of hydrogen-bond donors (Lipinski definition) is 2. The number of carbonyl (C=O) groups is 4. The molecule has 24 heavy (non-hydrogen) atoms. The Bertz CT molecular complexity index is 617. The van der Waals surface area contributed by atoms with Gasteiger partial charge in [0, 0.05) is 10.6 Å². The van der Waals surface area contributed by atoms with Crippen LogP contribution in [0.1, 0.15) is 24.2 Å². The fourth-order valence-corrected chi connectivity index (χ4v) is 1.64. The monoisotopic (exact) mass is 356 g/mol. The Morgan fingerprint density at radius 2 is 1.75 bits per heavy atom. The number of carbonyl (C=O) groups excluding carboxylic acids is 4.